The fourth-order valence-electron chi connectivity index (χ4n) is 2.59. The zero-order valence-electron chi connectivity index (χ0n) is 9.89. The Kier molecular flexibility index (Phi) is 3.11. The smallest absolute Gasteiger partial charge is 0.314 e. The molecular weight excluding hydrogens is 218 g/mol. The Bertz CT molecular complexity index is 426. The van der Waals surface area contributed by atoms with Crippen molar-refractivity contribution in [2.24, 2.45) is 5.73 Å². The van der Waals surface area contributed by atoms with Crippen molar-refractivity contribution in [3.8, 4) is 0 Å². The molecule has 5 heteroatoms. The lowest BCUT2D eigenvalue weighted by Gasteiger charge is -2.36. The van der Waals surface area contributed by atoms with Crippen molar-refractivity contribution in [1.82, 2.24) is 9.97 Å². The monoisotopic (exact) mass is 235 g/mol. The number of carbonyl (C=O) groups is 1. The molecule has 0 amide bonds. The van der Waals surface area contributed by atoms with Gasteiger partial charge in [0.1, 0.15) is 6.33 Å². The Labute approximate surface area is 100 Å². The molecule has 1 aliphatic carbocycles. The molecule has 17 heavy (non-hydrogen) atoms. The number of hydrogen-bond acceptors (Lipinski definition) is 4. The van der Waals surface area contributed by atoms with E-state index >= 15 is 0 Å². The molecule has 1 aromatic heterocycles. The third-order valence-corrected chi connectivity index (χ3v) is 3.72. The summed E-state index contributed by atoms with van der Waals surface area (Å²) in [6.45, 7) is 1.83. The number of carboxylic acids is 1. The van der Waals surface area contributed by atoms with E-state index in [0.29, 0.717) is 12.8 Å². The van der Waals surface area contributed by atoms with E-state index in [1.807, 2.05) is 6.92 Å². The Morgan fingerprint density at radius 3 is 2.71 bits per heavy atom. The molecule has 1 saturated carbocycles. The molecule has 0 atom stereocenters. The maximum absolute atomic E-state index is 11.6. The standard InChI is InChI=1S/C12H17N3O2/c1-8-10(6-14-7-15-8)12(11(16)17)4-2-9(13)3-5-12/h6-7,9H,2-5,13H2,1H3,(H,16,17). The summed E-state index contributed by atoms with van der Waals surface area (Å²) in [5, 5.41) is 9.56. The van der Waals surface area contributed by atoms with E-state index in [1.54, 1.807) is 6.20 Å². The molecule has 92 valence electrons. The first-order valence-corrected chi connectivity index (χ1v) is 5.82. The normalized spacial score (nSPS) is 28.9. The first-order chi connectivity index (χ1) is 8.06. The van der Waals surface area contributed by atoms with Crippen molar-refractivity contribution < 1.29 is 9.90 Å². The summed E-state index contributed by atoms with van der Waals surface area (Å²) in [6.07, 6.45) is 5.69. The maximum atomic E-state index is 11.6. The highest BCUT2D eigenvalue weighted by Gasteiger charge is 2.44. The SMILES string of the molecule is Cc1ncncc1C1(C(=O)O)CCC(N)CC1. The van der Waals surface area contributed by atoms with Crippen LogP contribution in [0.25, 0.3) is 0 Å². The second-order valence-electron chi connectivity index (χ2n) is 4.75. The number of aliphatic carboxylic acids is 1. The zero-order valence-corrected chi connectivity index (χ0v) is 9.89. The van der Waals surface area contributed by atoms with Gasteiger partial charge in [-0.15, -0.1) is 0 Å². The first-order valence-electron chi connectivity index (χ1n) is 5.82. The van der Waals surface area contributed by atoms with Gasteiger partial charge in [-0.05, 0) is 32.6 Å². The van der Waals surface area contributed by atoms with Crippen molar-refractivity contribution in [3.63, 3.8) is 0 Å². The van der Waals surface area contributed by atoms with Gasteiger partial charge in [-0.25, -0.2) is 9.97 Å². The van der Waals surface area contributed by atoms with Crippen LogP contribution in [-0.2, 0) is 10.2 Å². The molecule has 3 N–H and O–H groups in total. The number of carboxylic acid groups (broad SMARTS) is 1. The third-order valence-electron chi connectivity index (χ3n) is 3.72. The molecule has 1 fully saturated rings. The van der Waals surface area contributed by atoms with Crippen molar-refractivity contribution in [1.29, 1.82) is 0 Å². The highest BCUT2D eigenvalue weighted by molar-refractivity contribution is 5.81. The van der Waals surface area contributed by atoms with Crippen molar-refractivity contribution in [2.75, 3.05) is 0 Å². The largest absolute Gasteiger partial charge is 0.481 e. The van der Waals surface area contributed by atoms with Crippen LogP contribution in [0.1, 0.15) is 36.9 Å². The van der Waals surface area contributed by atoms with Crippen LogP contribution in [0, 0.1) is 6.92 Å². The summed E-state index contributed by atoms with van der Waals surface area (Å²) in [5.41, 5.74) is 6.49. The molecule has 0 radical (unpaired) electrons. The van der Waals surface area contributed by atoms with Gasteiger partial charge < -0.3 is 10.8 Å². The number of aryl methyl sites for hydroxylation is 1. The first kappa shape index (κ1) is 12.0. The van der Waals surface area contributed by atoms with Gasteiger partial charge in [0, 0.05) is 23.5 Å². The van der Waals surface area contributed by atoms with Crippen molar-refractivity contribution >= 4 is 5.97 Å². The fraction of sp³-hybridized carbons (Fsp3) is 0.583. The average molecular weight is 235 g/mol. The van der Waals surface area contributed by atoms with Gasteiger partial charge in [-0.1, -0.05) is 0 Å². The van der Waals surface area contributed by atoms with Crippen LogP contribution in [0.15, 0.2) is 12.5 Å². The number of hydrogen-bond donors (Lipinski definition) is 2. The molecule has 0 aromatic carbocycles. The fourth-order valence-corrected chi connectivity index (χ4v) is 2.59. The number of aromatic nitrogens is 2. The molecule has 0 bridgehead atoms. The summed E-state index contributed by atoms with van der Waals surface area (Å²) in [6, 6.07) is 0.118. The molecular formula is C12H17N3O2. The molecule has 0 saturated heterocycles. The Morgan fingerprint density at radius 1 is 1.53 bits per heavy atom. The van der Waals surface area contributed by atoms with Gasteiger partial charge in [0.2, 0.25) is 0 Å². The van der Waals surface area contributed by atoms with Crippen LogP contribution in [0.4, 0.5) is 0 Å². The molecule has 1 heterocycles. The highest BCUT2D eigenvalue weighted by atomic mass is 16.4. The zero-order chi connectivity index (χ0) is 12.5. The van der Waals surface area contributed by atoms with Gasteiger partial charge in [-0.3, -0.25) is 4.79 Å². The molecule has 1 aromatic rings. The lowest BCUT2D eigenvalue weighted by molar-refractivity contribution is -0.145. The summed E-state index contributed by atoms with van der Waals surface area (Å²) in [7, 11) is 0. The summed E-state index contributed by atoms with van der Waals surface area (Å²) >= 11 is 0. The van der Waals surface area contributed by atoms with E-state index in [2.05, 4.69) is 9.97 Å². The quantitative estimate of drug-likeness (QED) is 0.798. The minimum Gasteiger partial charge on any atom is -0.481 e. The Balaban J connectivity index is 2.42. The predicted octanol–water partition coefficient (Wildman–Crippen LogP) is 1.01. The summed E-state index contributed by atoms with van der Waals surface area (Å²) in [4.78, 5) is 19.7. The maximum Gasteiger partial charge on any atom is 0.314 e. The van der Waals surface area contributed by atoms with Crippen LogP contribution in [0.5, 0.6) is 0 Å². The van der Waals surface area contributed by atoms with Crippen molar-refractivity contribution in [2.45, 2.75) is 44.1 Å². The van der Waals surface area contributed by atoms with E-state index in [4.69, 9.17) is 5.73 Å². The van der Waals surface area contributed by atoms with Gasteiger partial charge in [-0.2, -0.15) is 0 Å². The third kappa shape index (κ3) is 2.02. The van der Waals surface area contributed by atoms with E-state index < -0.39 is 11.4 Å². The lowest BCUT2D eigenvalue weighted by atomic mass is 9.68. The highest BCUT2D eigenvalue weighted by Crippen LogP contribution is 2.40. The van der Waals surface area contributed by atoms with Crippen LogP contribution in [0.3, 0.4) is 0 Å². The predicted molar refractivity (Wildman–Crippen MR) is 62.5 cm³/mol. The molecule has 1 aliphatic rings. The van der Waals surface area contributed by atoms with E-state index in [9.17, 15) is 9.90 Å². The molecule has 0 aliphatic heterocycles. The Hall–Kier alpha value is -1.49. The number of nitrogens with two attached hydrogens (primary N) is 1. The number of rotatable bonds is 2. The van der Waals surface area contributed by atoms with Crippen molar-refractivity contribution in [3.05, 3.63) is 23.8 Å². The minimum absolute atomic E-state index is 0.118. The molecule has 0 spiro atoms. The van der Waals surface area contributed by atoms with Gasteiger partial charge >= 0.3 is 5.97 Å². The summed E-state index contributed by atoms with van der Waals surface area (Å²) in [5.74, 6) is -0.790. The van der Waals surface area contributed by atoms with E-state index in [-0.39, 0.29) is 6.04 Å². The van der Waals surface area contributed by atoms with Gasteiger partial charge in [0.05, 0.1) is 5.41 Å². The van der Waals surface area contributed by atoms with Gasteiger partial charge in [0.25, 0.3) is 0 Å². The van der Waals surface area contributed by atoms with E-state index in [0.717, 1.165) is 24.1 Å². The van der Waals surface area contributed by atoms with Crippen LogP contribution >= 0.6 is 0 Å². The molecule has 2 rings (SSSR count). The molecule has 0 unspecified atom stereocenters. The van der Waals surface area contributed by atoms with Crippen LogP contribution in [0.2, 0.25) is 0 Å². The lowest BCUT2D eigenvalue weighted by Crippen LogP contribution is -2.43. The Morgan fingerprint density at radius 2 is 2.18 bits per heavy atom. The minimum atomic E-state index is -0.846. The second kappa shape index (κ2) is 4.41. The average Bonchev–Trinajstić information content (AvgIpc) is 2.31. The number of nitrogens with zero attached hydrogens (tertiary/aromatic N) is 2. The van der Waals surface area contributed by atoms with Crippen LogP contribution in [-0.4, -0.2) is 27.1 Å². The van der Waals surface area contributed by atoms with E-state index in [1.165, 1.54) is 6.33 Å². The summed E-state index contributed by atoms with van der Waals surface area (Å²) < 4.78 is 0. The van der Waals surface area contributed by atoms with Crippen LogP contribution < -0.4 is 5.73 Å². The topological polar surface area (TPSA) is 89.1 Å². The second-order valence-corrected chi connectivity index (χ2v) is 4.75. The molecule has 5 nitrogen and oxygen atoms in total. The van der Waals surface area contributed by atoms with Gasteiger partial charge in [0.15, 0.2) is 0 Å².